The zero-order chi connectivity index (χ0) is 16.2. The Morgan fingerprint density at radius 1 is 1.04 bits per heavy atom. The predicted molar refractivity (Wildman–Crippen MR) is 89.4 cm³/mol. The number of allylic oxidation sites excluding steroid dienone is 2. The van der Waals surface area contributed by atoms with Gasteiger partial charge in [-0.2, -0.15) is 0 Å². The Hall–Kier alpha value is -2.43. The number of hydrogen-bond donors (Lipinski definition) is 2. The van der Waals surface area contributed by atoms with Crippen LogP contribution in [0.4, 0.5) is 0 Å². The predicted octanol–water partition coefficient (Wildman–Crippen LogP) is 2.24. The van der Waals surface area contributed by atoms with Gasteiger partial charge in [0, 0.05) is 24.2 Å². The fraction of sp³-hybridized carbons (Fsp3) is 0.389. The third-order valence-corrected chi connectivity index (χ3v) is 4.22. The normalized spacial score (nSPS) is 19.6. The van der Waals surface area contributed by atoms with Crippen molar-refractivity contribution in [2.45, 2.75) is 19.3 Å². The summed E-state index contributed by atoms with van der Waals surface area (Å²) in [4.78, 5) is 12.7. The number of nitrogens with one attached hydrogen (secondary N) is 2. The number of methoxy groups -OCH3 is 2. The smallest absolute Gasteiger partial charge is 0.188 e. The lowest BCUT2D eigenvalue weighted by Gasteiger charge is -2.19. The van der Waals surface area contributed by atoms with Crippen LogP contribution in [0, 0.1) is 0 Å². The molecule has 1 saturated carbocycles. The fourth-order valence-electron chi connectivity index (χ4n) is 3.05. The molecule has 0 amide bonds. The molecule has 2 N–H and O–H groups in total. The molecule has 5 heteroatoms. The Balaban J connectivity index is 1.89. The van der Waals surface area contributed by atoms with E-state index in [0.29, 0.717) is 11.5 Å². The summed E-state index contributed by atoms with van der Waals surface area (Å²) in [7, 11) is 3.22. The Bertz CT molecular complexity index is 669. The van der Waals surface area contributed by atoms with Crippen LogP contribution in [-0.2, 0) is 4.79 Å². The monoisotopic (exact) mass is 314 g/mol. The van der Waals surface area contributed by atoms with E-state index in [0.717, 1.165) is 54.9 Å². The summed E-state index contributed by atoms with van der Waals surface area (Å²) in [5.74, 6) is 2.41. The van der Waals surface area contributed by atoms with Crippen LogP contribution in [0.15, 0.2) is 35.2 Å². The van der Waals surface area contributed by atoms with Crippen LogP contribution < -0.4 is 20.1 Å². The van der Waals surface area contributed by atoms with Gasteiger partial charge in [0.05, 0.1) is 14.2 Å². The Labute approximate surface area is 136 Å². The zero-order valence-corrected chi connectivity index (χ0v) is 13.6. The Morgan fingerprint density at radius 3 is 2.48 bits per heavy atom. The Morgan fingerprint density at radius 2 is 1.78 bits per heavy atom. The summed E-state index contributed by atoms with van der Waals surface area (Å²) in [6, 6.07) is 5.69. The lowest BCUT2D eigenvalue weighted by atomic mass is 9.87. The molecule has 1 heterocycles. The molecule has 1 saturated heterocycles. The Kier molecular flexibility index (Phi) is 4.55. The molecule has 2 aliphatic rings. The van der Waals surface area contributed by atoms with Crippen LogP contribution >= 0.6 is 0 Å². The average Bonchev–Trinajstić information content (AvgIpc) is 3.11. The van der Waals surface area contributed by atoms with Gasteiger partial charge in [0.15, 0.2) is 17.3 Å². The van der Waals surface area contributed by atoms with Crippen molar-refractivity contribution in [1.29, 1.82) is 0 Å². The van der Waals surface area contributed by atoms with Crippen molar-refractivity contribution < 1.29 is 14.3 Å². The highest BCUT2D eigenvalue weighted by Crippen LogP contribution is 2.31. The molecule has 2 fully saturated rings. The van der Waals surface area contributed by atoms with Crippen molar-refractivity contribution in [3.8, 4) is 11.5 Å². The van der Waals surface area contributed by atoms with E-state index in [1.807, 2.05) is 24.3 Å². The van der Waals surface area contributed by atoms with Gasteiger partial charge in [-0.15, -0.1) is 0 Å². The number of hydrogen-bond acceptors (Lipinski definition) is 5. The first-order chi connectivity index (χ1) is 11.2. The quantitative estimate of drug-likeness (QED) is 0.838. The number of ether oxygens (including phenoxy) is 2. The molecular formula is C18H22N2O3. The molecule has 0 unspecified atom stereocenters. The third kappa shape index (κ3) is 3.18. The maximum atomic E-state index is 12.7. The van der Waals surface area contributed by atoms with Gasteiger partial charge in [-0.05, 0) is 43.0 Å². The number of ketones is 1. The van der Waals surface area contributed by atoms with Gasteiger partial charge < -0.3 is 20.1 Å². The third-order valence-electron chi connectivity index (χ3n) is 4.22. The first kappa shape index (κ1) is 15.5. The summed E-state index contributed by atoms with van der Waals surface area (Å²) >= 11 is 0. The first-order valence-corrected chi connectivity index (χ1v) is 7.91. The van der Waals surface area contributed by atoms with E-state index in [1.165, 1.54) is 0 Å². The highest BCUT2D eigenvalue weighted by molar-refractivity contribution is 6.12. The second kappa shape index (κ2) is 6.77. The maximum Gasteiger partial charge on any atom is 0.188 e. The minimum Gasteiger partial charge on any atom is -0.493 e. The van der Waals surface area contributed by atoms with Gasteiger partial charge in [0.1, 0.15) is 5.82 Å². The zero-order valence-electron chi connectivity index (χ0n) is 13.6. The highest BCUT2D eigenvalue weighted by atomic mass is 16.5. The molecule has 0 atom stereocenters. The molecule has 23 heavy (non-hydrogen) atoms. The van der Waals surface area contributed by atoms with Crippen molar-refractivity contribution in [3.05, 3.63) is 40.7 Å². The van der Waals surface area contributed by atoms with Crippen LogP contribution in [0.1, 0.15) is 24.8 Å². The molecular weight excluding hydrogens is 292 g/mol. The van der Waals surface area contributed by atoms with E-state index >= 15 is 0 Å². The molecule has 1 aromatic carbocycles. The average molecular weight is 314 g/mol. The largest absolute Gasteiger partial charge is 0.493 e. The molecule has 1 aliphatic carbocycles. The van der Waals surface area contributed by atoms with Crippen LogP contribution in [0.25, 0.3) is 6.08 Å². The minimum absolute atomic E-state index is 0.142. The molecule has 1 aromatic rings. The maximum absolute atomic E-state index is 12.7. The molecule has 0 aromatic heterocycles. The second-order valence-electron chi connectivity index (χ2n) is 5.67. The van der Waals surface area contributed by atoms with Gasteiger partial charge in [0.25, 0.3) is 0 Å². The van der Waals surface area contributed by atoms with Crippen molar-refractivity contribution in [2.24, 2.45) is 0 Å². The van der Waals surface area contributed by atoms with E-state index in [2.05, 4.69) is 10.6 Å². The van der Waals surface area contributed by atoms with Gasteiger partial charge >= 0.3 is 0 Å². The summed E-state index contributed by atoms with van der Waals surface area (Å²) in [5.41, 5.74) is 2.67. The molecule has 0 spiro atoms. The van der Waals surface area contributed by atoms with Crippen molar-refractivity contribution in [1.82, 2.24) is 10.6 Å². The van der Waals surface area contributed by atoms with E-state index < -0.39 is 0 Å². The summed E-state index contributed by atoms with van der Waals surface area (Å²) < 4.78 is 10.6. The van der Waals surface area contributed by atoms with Crippen molar-refractivity contribution in [3.63, 3.8) is 0 Å². The lowest BCUT2D eigenvalue weighted by Crippen LogP contribution is -2.22. The number of carbonyl (C=O) groups excluding carboxylic acids is 1. The summed E-state index contributed by atoms with van der Waals surface area (Å²) in [6.45, 7) is 1.75. The van der Waals surface area contributed by atoms with Crippen LogP contribution in [0.2, 0.25) is 0 Å². The van der Waals surface area contributed by atoms with E-state index in [4.69, 9.17) is 9.47 Å². The molecule has 122 valence electrons. The van der Waals surface area contributed by atoms with Crippen LogP contribution in [0.5, 0.6) is 11.5 Å². The van der Waals surface area contributed by atoms with Gasteiger partial charge in [-0.3, -0.25) is 4.79 Å². The lowest BCUT2D eigenvalue weighted by molar-refractivity contribution is -0.113. The SMILES string of the molecule is COc1ccc(/C=C2\CCCC(=C3NCCN3)C2=O)cc1OC. The van der Waals surface area contributed by atoms with Gasteiger partial charge in [-0.1, -0.05) is 6.07 Å². The van der Waals surface area contributed by atoms with E-state index in [1.54, 1.807) is 14.2 Å². The summed E-state index contributed by atoms with van der Waals surface area (Å²) in [5, 5.41) is 6.52. The van der Waals surface area contributed by atoms with Crippen LogP contribution in [-0.4, -0.2) is 33.1 Å². The minimum atomic E-state index is 0.142. The van der Waals surface area contributed by atoms with E-state index in [9.17, 15) is 4.79 Å². The van der Waals surface area contributed by atoms with Crippen molar-refractivity contribution in [2.75, 3.05) is 27.3 Å². The molecule has 0 radical (unpaired) electrons. The second-order valence-corrected chi connectivity index (χ2v) is 5.67. The number of rotatable bonds is 3. The molecule has 0 bridgehead atoms. The molecule has 3 rings (SSSR count). The van der Waals surface area contributed by atoms with Gasteiger partial charge in [-0.25, -0.2) is 0 Å². The first-order valence-electron chi connectivity index (χ1n) is 7.91. The van der Waals surface area contributed by atoms with Crippen LogP contribution in [0.3, 0.4) is 0 Å². The standard InChI is InChI=1S/C18H22N2O3/c1-22-15-7-6-12(11-16(15)23-2)10-13-4-3-5-14(17(13)21)18-19-8-9-20-18/h6-7,10-11,19-20H,3-5,8-9H2,1-2H3/b13-10+. The fourth-order valence-corrected chi connectivity index (χ4v) is 3.05. The number of benzene rings is 1. The number of Topliss-reactive ketones (excluding diaryl/α,β-unsaturated/α-hetero) is 1. The summed E-state index contributed by atoms with van der Waals surface area (Å²) in [6.07, 6.45) is 4.59. The van der Waals surface area contributed by atoms with E-state index in [-0.39, 0.29) is 5.78 Å². The highest BCUT2D eigenvalue weighted by Gasteiger charge is 2.25. The van der Waals surface area contributed by atoms with Gasteiger partial charge in [0.2, 0.25) is 0 Å². The van der Waals surface area contributed by atoms with Crippen molar-refractivity contribution >= 4 is 11.9 Å². The molecule has 1 aliphatic heterocycles. The molecule has 5 nitrogen and oxygen atoms in total. The number of carbonyl (C=O) groups is 1. The topological polar surface area (TPSA) is 59.6 Å².